The lowest BCUT2D eigenvalue weighted by atomic mass is 9.82. The van der Waals surface area contributed by atoms with Gasteiger partial charge >= 0.3 is 11.9 Å². The Hall–Kier alpha value is -3.93. The van der Waals surface area contributed by atoms with Crippen LogP contribution in [-0.2, 0) is 35.3 Å². The first-order valence-electron chi connectivity index (χ1n) is 13.1. The van der Waals surface area contributed by atoms with Crippen LogP contribution in [0.15, 0.2) is 28.6 Å². The Morgan fingerprint density at radius 3 is 2.23 bits per heavy atom. The standard InChI is InChI=1S/C15H19N3O4.C13H16O5/c1-8(2)15(3)14(21)17-12(18-15)11-10(13(19)20)5-9(6-16-11)7-22-4;1-2-18-13(17)8-5-9(14)11(10(15)6-8)12(16)7-3-4-7/h5-6,8H,7H2,1-4H3,(H,19,20)(H,17,18,21);7-8,16H,2-6H2,1H3. The molecular formula is C28H35N3O9. The normalized spacial score (nSPS) is 22.4. The van der Waals surface area contributed by atoms with Gasteiger partial charge in [-0.05, 0) is 44.2 Å². The summed E-state index contributed by atoms with van der Waals surface area (Å²) < 4.78 is 9.79. The Bertz CT molecular complexity index is 1260. The van der Waals surface area contributed by atoms with Crippen LogP contribution in [0.5, 0.6) is 0 Å². The molecule has 1 aromatic rings. The molecule has 2 saturated carbocycles. The van der Waals surface area contributed by atoms with E-state index in [0.717, 1.165) is 12.8 Å². The summed E-state index contributed by atoms with van der Waals surface area (Å²) in [6, 6.07) is 1.48. The van der Waals surface area contributed by atoms with Gasteiger partial charge in [0.1, 0.15) is 17.0 Å². The highest BCUT2D eigenvalue weighted by atomic mass is 16.5. The molecule has 12 heteroatoms. The minimum atomic E-state index is -1.13. The highest BCUT2D eigenvalue weighted by molar-refractivity contribution is 6.23. The lowest BCUT2D eigenvalue weighted by molar-refractivity contribution is -0.151. The molecule has 2 fully saturated rings. The summed E-state index contributed by atoms with van der Waals surface area (Å²) in [5.74, 6) is -3.40. The van der Waals surface area contributed by atoms with Gasteiger partial charge in [-0.1, -0.05) is 13.8 Å². The molecule has 2 heterocycles. The van der Waals surface area contributed by atoms with E-state index in [1.807, 2.05) is 13.8 Å². The zero-order valence-corrected chi connectivity index (χ0v) is 23.3. The monoisotopic (exact) mass is 557 g/mol. The highest BCUT2D eigenvalue weighted by Crippen LogP contribution is 2.38. The number of esters is 1. The van der Waals surface area contributed by atoms with Crippen molar-refractivity contribution in [3.05, 3.63) is 40.4 Å². The number of nitrogens with zero attached hydrogens (tertiary/aromatic N) is 2. The molecule has 1 atom stereocenters. The van der Waals surface area contributed by atoms with Crippen molar-refractivity contribution in [2.45, 2.75) is 65.5 Å². The molecule has 0 bridgehead atoms. The fourth-order valence-corrected chi connectivity index (χ4v) is 4.31. The van der Waals surface area contributed by atoms with E-state index in [2.05, 4.69) is 15.3 Å². The van der Waals surface area contributed by atoms with E-state index in [-0.39, 0.29) is 72.2 Å². The van der Waals surface area contributed by atoms with Gasteiger partial charge in [-0.15, -0.1) is 0 Å². The number of hydrogen-bond donors (Lipinski definition) is 3. The maximum absolute atomic E-state index is 12.2. The van der Waals surface area contributed by atoms with Gasteiger partial charge < -0.3 is 25.0 Å². The minimum absolute atomic E-state index is 0.0124. The van der Waals surface area contributed by atoms with Crippen LogP contribution in [0.1, 0.15) is 75.0 Å². The third kappa shape index (κ3) is 6.61. The summed E-state index contributed by atoms with van der Waals surface area (Å²) in [5, 5.41) is 21.8. The number of aromatic nitrogens is 1. The predicted octanol–water partition coefficient (Wildman–Crippen LogP) is 2.54. The van der Waals surface area contributed by atoms with Gasteiger partial charge in [0.2, 0.25) is 0 Å². The summed E-state index contributed by atoms with van der Waals surface area (Å²) >= 11 is 0. The number of aliphatic imine (C=N–C) groups is 1. The number of carbonyl (C=O) groups excluding carboxylic acids is 4. The van der Waals surface area contributed by atoms with E-state index >= 15 is 0 Å². The molecule has 4 rings (SSSR count). The van der Waals surface area contributed by atoms with Crippen molar-refractivity contribution in [1.29, 1.82) is 0 Å². The number of pyridine rings is 1. The Morgan fingerprint density at radius 2 is 1.75 bits per heavy atom. The van der Waals surface area contributed by atoms with Gasteiger partial charge in [-0.2, -0.15) is 0 Å². The number of amides is 1. The molecule has 12 nitrogen and oxygen atoms in total. The van der Waals surface area contributed by atoms with Crippen LogP contribution in [0, 0.1) is 17.8 Å². The number of hydrogen-bond acceptors (Lipinski definition) is 10. The Kier molecular flexibility index (Phi) is 9.56. The lowest BCUT2D eigenvalue weighted by Crippen LogP contribution is -2.41. The zero-order chi connectivity index (χ0) is 29.8. The first kappa shape index (κ1) is 30.6. The van der Waals surface area contributed by atoms with Crippen molar-refractivity contribution in [1.82, 2.24) is 10.3 Å². The van der Waals surface area contributed by atoms with Crippen LogP contribution in [0.3, 0.4) is 0 Å². The number of amidine groups is 1. The molecule has 216 valence electrons. The smallest absolute Gasteiger partial charge is 0.338 e. The number of rotatable bonds is 8. The van der Waals surface area contributed by atoms with E-state index in [9.17, 15) is 34.2 Å². The number of ether oxygens (including phenoxy) is 2. The Morgan fingerprint density at radius 1 is 1.12 bits per heavy atom. The number of aromatic carboxylic acids is 1. The molecule has 3 N–H and O–H groups in total. The van der Waals surface area contributed by atoms with E-state index in [1.54, 1.807) is 13.8 Å². The van der Waals surface area contributed by atoms with E-state index in [1.165, 1.54) is 19.4 Å². The van der Waals surface area contributed by atoms with Gasteiger partial charge in [0.05, 0.1) is 30.3 Å². The number of aliphatic hydroxyl groups is 1. The lowest BCUT2D eigenvalue weighted by Gasteiger charge is -2.21. The zero-order valence-electron chi connectivity index (χ0n) is 23.3. The molecule has 1 aromatic heterocycles. The quantitative estimate of drug-likeness (QED) is 0.186. The summed E-state index contributed by atoms with van der Waals surface area (Å²) in [4.78, 5) is 67.4. The first-order chi connectivity index (χ1) is 18.8. The molecule has 0 aromatic carbocycles. The Labute approximate surface area is 231 Å². The second-order valence-electron chi connectivity index (χ2n) is 10.4. The molecule has 0 spiro atoms. The second kappa shape index (κ2) is 12.5. The molecule has 0 radical (unpaired) electrons. The first-order valence-corrected chi connectivity index (χ1v) is 13.1. The van der Waals surface area contributed by atoms with Crippen LogP contribution in [0.25, 0.3) is 0 Å². The van der Waals surface area contributed by atoms with Crippen molar-refractivity contribution in [2.75, 3.05) is 13.7 Å². The summed E-state index contributed by atoms with van der Waals surface area (Å²) in [6.45, 7) is 7.66. The predicted molar refractivity (Wildman–Crippen MR) is 142 cm³/mol. The number of carboxylic acids is 1. The summed E-state index contributed by atoms with van der Waals surface area (Å²) in [6.07, 6.45) is 3.06. The van der Waals surface area contributed by atoms with Crippen LogP contribution in [-0.4, -0.2) is 69.7 Å². The number of carbonyl (C=O) groups is 5. The number of Topliss-reactive ketones (excluding diaryl/α,β-unsaturated/α-hetero) is 2. The molecular weight excluding hydrogens is 522 g/mol. The molecule has 40 heavy (non-hydrogen) atoms. The van der Waals surface area contributed by atoms with Crippen molar-refractivity contribution < 1.29 is 43.7 Å². The van der Waals surface area contributed by atoms with Crippen LogP contribution in [0.2, 0.25) is 0 Å². The molecule has 3 aliphatic rings. The van der Waals surface area contributed by atoms with Crippen LogP contribution < -0.4 is 5.32 Å². The maximum Gasteiger partial charge on any atom is 0.338 e. The third-order valence-corrected chi connectivity index (χ3v) is 7.13. The van der Waals surface area contributed by atoms with E-state index < -0.39 is 35.0 Å². The van der Waals surface area contributed by atoms with Crippen LogP contribution >= 0.6 is 0 Å². The average Bonchev–Trinajstić information content (AvgIpc) is 3.69. The molecule has 1 unspecified atom stereocenters. The van der Waals surface area contributed by atoms with Crippen LogP contribution in [0.4, 0.5) is 0 Å². The maximum atomic E-state index is 12.2. The largest absolute Gasteiger partial charge is 0.511 e. The van der Waals surface area contributed by atoms with Crippen molar-refractivity contribution in [3.63, 3.8) is 0 Å². The number of allylic oxidation sites excluding steroid dienone is 2. The molecule has 0 saturated heterocycles. The summed E-state index contributed by atoms with van der Waals surface area (Å²) in [7, 11) is 1.52. The summed E-state index contributed by atoms with van der Waals surface area (Å²) in [5.41, 5.74) is -0.220. The van der Waals surface area contributed by atoms with Gasteiger partial charge in [0.15, 0.2) is 17.4 Å². The molecule has 2 aliphatic carbocycles. The van der Waals surface area contributed by atoms with Crippen molar-refractivity contribution >= 4 is 35.2 Å². The van der Waals surface area contributed by atoms with E-state index in [0.29, 0.717) is 5.56 Å². The highest BCUT2D eigenvalue weighted by Gasteiger charge is 2.43. The molecule has 1 amide bonds. The minimum Gasteiger partial charge on any atom is -0.511 e. The fraction of sp³-hybridized carbons (Fsp3) is 0.536. The third-order valence-electron chi connectivity index (χ3n) is 7.13. The van der Waals surface area contributed by atoms with Gasteiger partial charge in [-0.3, -0.25) is 24.2 Å². The Balaban J connectivity index is 0.000000225. The average molecular weight is 558 g/mol. The van der Waals surface area contributed by atoms with Gasteiger partial charge in [-0.25, -0.2) is 9.79 Å². The van der Waals surface area contributed by atoms with Gasteiger partial charge in [0.25, 0.3) is 5.91 Å². The second-order valence-corrected chi connectivity index (χ2v) is 10.4. The number of ketones is 2. The van der Waals surface area contributed by atoms with Crippen molar-refractivity contribution in [3.8, 4) is 0 Å². The topological polar surface area (TPSA) is 182 Å². The number of nitrogens with one attached hydrogen (secondary N) is 1. The van der Waals surface area contributed by atoms with Crippen molar-refractivity contribution in [2.24, 2.45) is 22.7 Å². The van der Waals surface area contributed by atoms with E-state index in [4.69, 9.17) is 9.47 Å². The molecule has 1 aliphatic heterocycles. The fourth-order valence-electron chi connectivity index (χ4n) is 4.31. The number of carboxylic acid groups (broad SMARTS) is 1. The number of methoxy groups -OCH3 is 1. The SMILES string of the molecule is CCOC(=O)C1CC(=O)C(=C(O)C2CC2)C(=O)C1.COCc1cnc(C2=NC(C)(C(C)C)C(=O)N2)c(C(=O)O)c1. The number of aliphatic hydroxyl groups excluding tert-OH is 1. The van der Waals surface area contributed by atoms with Gasteiger partial charge in [0, 0.05) is 32.1 Å².